The minimum absolute atomic E-state index is 0.171. The average Bonchev–Trinajstić information content (AvgIpc) is 2.78. The summed E-state index contributed by atoms with van der Waals surface area (Å²) in [5.41, 5.74) is 0. The van der Waals surface area contributed by atoms with E-state index in [4.69, 9.17) is 4.74 Å². The van der Waals surface area contributed by atoms with E-state index in [1.807, 2.05) is 91.0 Å². The molecule has 0 aliphatic rings. The van der Waals surface area contributed by atoms with Crippen LogP contribution in [0.2, 0.25) is 0 Å². The van der Waals surface area contributed by atoms with E-state index < -0.39 is 24.7 Å². The van der Waals surface area contributed by atoms with Gasteiger partial charge in [0.15, 0.2) is 0 Å². The van der Waals surface area contributed by atoms with Crippen LogP contribution < -0.4 is 15.9 Å². The van der Waals surface area contributed by atoms with E-state index in [1.165, 1.54) is 0 Å². The molecule has 0 saturated carbocycles. The van der Waals surface area contributed by atoms with E-state index in [-0.39, 0.29) is 11.9 Å². The number of rotatable bonds is 7. The minimum atomic E-state index is -2.84. The van der Waals surface area contributed by atoms with Crippen LogP contribution in [-0.2, 0) is 14.3 Å². The highest BCUT2D eigenvalue weighted by Crippen LogP contribution is 2.47. The molecule has 0 saturated heterocycles. The summed E-state index contributed by atoms with van der Waals surface area (Å²) < 4.78 is 5.23. The van der Waals surface area contributed by atoms with Crippen LogP contribution in [0.3, 0.4) is 0 Å². The minimum Gasteiger partial charge on any atom is -0.478 e. The molecule has 30 heavy (non-hydrogen) atoms. The van der Waals surface area contributed by atoms with Crippen LogP contribution in [0.4, 0.5) is 0 Å². The molecule has 1 atom stereocenters. The second-order valence-electron chi connectivity index (χ2n) is 6.84. The van der Waals surface area contributed by atoms with Gasteiger partial charge in [0.2, 0.25) is 0 Å². The summed E-state index contributed by atoms with van der Waals surface area (Å²) in [4.78, 5) is 25.5. The lowest BCUT2D eigenvalue weighted by molar-refractivity contribution is -0.146. The van der Waals surface area contributed by atoms with Crippen LogP contribution in [-0.4, -0.2) is 28.9 Å². The highest BCUT2D eigenvalue weighted by Gasteiger charge is 2.38. The Morgan fingerprint density at radius 1 is 0.800 bits per heavy atom. The number of hydrogen-bond donors (Lipinski definition) is 1. The maximum atomic E-state index is 12.8. The van der Waals surface area contributed by atoms with E-state index in [0.717, 1.165) is 15.9 Å². The molecule has 0 bridgehead atoms. The van der Waals surface area contributed by atoms with Gasteiger partial charge >= 0.3 is 11.9 Å². The van der Waals surface area contributed by atoms with Crippen molar-refractivity contribution in [1.82, 2.24) is 0 Å². The van der Waals surface area contributed by atoms with Crippen molar-refractivity contribution in [2.24, 2.45) is 5.92 Å². The fourth-order valence-electron chi connectivity index (χ4n) is 3.82. The summed E-state index contributed by atoms with van der Waals surface area (Å²) in [6, 6.07) is 28.9. The van der Waals surface area contributed by atoms with Gasteiger partial charge in [-0.1, -0.05) is 91.0 Å². The molecule has 0 fully saturated rings. The van der Waals surface area contributed by atoms with Gasteiger partial charge in [0.1, 0.15) is 0 Å². The Labute approximate surface area is 177 Å². The zero-order valence-corrected chi connectivity index (χ0v) is 18.0. The molecule has 154 valence electrons. The van der Waals surface area contributed by atoms with E-state index in [1.54, 1.807) is 13.8 Å². The monoisotopic (exact) mass is 420 g/mol. The van der Waals surface area contributed by atoms with E-state index in [2.05, 4.69) is 0 Å². The van der Waals surface area contributed by atoms with Gasteiger partial charge < -0.3 is 9.84 Å². The largest absolute Gasteiger partial charge is 0.478 e. The Bertz CT molecular complexity index is 957. The summed E-state index contributed by atoms with van der Waals surface area (Å²) in [6.45, 7) is 0.712. The molecule has 3 rings (SSSR count). The first-order valence-electron chi connectivity index (χ1n) is 9.86. The summed E-state index contributed by atoms with van der Waals surface area (Å²) in [5, 5.41) is 13.3. The van der Waals surface area contributed by atoms with Crippen molar-refractivity contribution in [1.29, 1.82) is 0 Å². The van der Waals surface area contributed by atoms with E-state index in [9.17, 15) is 14.7 Å². The molecular weight excluding hydrogens is 395 g/mol. The fourth-order valence-corrected chi connectivity index (χ4v) is 8.38. The van der Waals surface area contributed by atoms with E-state index >= 15 is 0 Å². The van der Waals surface area contributed by atoms with Gasteiger partial charge in [-0.05, 0) is 36.6 Å². The molecule has 4 nitrogen and oxygen atoms in total. The number of esters is 1. The standard InChI is InChI=1S/C25H25O4P/c1-3-29-25(28)19(2)23(24(26)27)30(20-13-7-4-8-14-20,21-15-9-5-10-16-21)22-17-11-6-12-18-22/h4-19H,3H2,1-2H3,(H,26,27). The van der Waals surface area contributed by atoms with Gasteiger partial charge in [0.05, 0.1) is 17.8 Å². The lowest BCUT2D eigenvalue weighted by Gasteiger charge is -2.33. The van der Waals surface area contributed by atoms with Crippen LogP contribution in [0, 0.1) is 5.92 Å². The molecule has 1 N–H and O–H groups in total. The third-order valence-electron chi connectivity index (χ3n) is 5.06. The lowest BCUT2D eigenvalue weighted by Crippen LogP contribution is -2.39. The van der Waals surface area contributed by atoms with Crippen molar-refractivity contribution in [3.63, 3.8) is 0 Å². The van der Waals surface area contributed by atoms with Gasteiger partial charge in [-0.15, -0.1) is 0 Å². The highest BCUT2D eigenvalue weighted by atomic mass is 31.2. The van der Waals surface area contributed by atoms with Crippen molar-refractivity contribution < 1.29 is 19.4 Å². The summed E-state index contributed by atoms with van der Waals surface area (Å²) in [7, 11) is 0. The topological polar surface area (TPSA) is 63.6 Å². The van der Waals surface area contributed by atoms with Crippen LogP contribution in [0.15, 0.2) is 91.0 Å². The van der Waals surface area contributed by atoms with Gasteiger partial charge in [0.25, 0.3) is 0 Å². The quantitative estimate of drug-likeness (QED) is 0.470. The van der Waals surface area contributed by atoms with E-state index in [0.29, 0.717) is 0 Å². The Kier molecular flexibility index (Phi) is 6.91. The molecule has 0 aliphatic heterocycles. The van der Waals surface area contributed by atoms with Crippen molar-refractivity contribution in [3.8, 4) is 0 Å². The van der Waals surface area contributed by atoms with Crippen molar-refractivity contribution in [2.75, 3.05) is 6.61 Å². The van der Waals surface area contributed by atoms with Crippen LogP contribution in [0.5, 0.6) is 0 Å². The van der Waals surface area contributed by atoms with Crippen molar-refractivity contribution >= 4 is 40.0 Å². The van der Waals surface area contributed by atoms with Gasteiger partial charge in [-0.25, -0.2) is 4.79 Å². The Hall–Kier alpha value is -3.10. The maximum Gasteiger partial charge on any atom is 0.333 e. The SMILES string of the molecule is CCOC(=O)C(C)C(C(=O)O)=P(c1ccccc1)(c1ccccc1)c1ccccc1. The molecule has 0 aliphatic carbocycles. The molecule has 3 aromatic carbocycles. The number of aliphatic carboxylic acids is 1. The third kappa shape index (κ3) is 3.96. The number of carboxylic acids is 1. The number of carbonyl (C=O) groups is 2. The van der Waals surface area contributed by atoms with Gasteiger partial charge in [-0.2, -0.15) is 0 Å². The smallest absolute Gasteiger partial charge is 0.333 e. The molecule has 5 heteroatoms. The van der Waals surface area contributed by atoms with Gasteiger partial charge in [-0.3, -0.25) is 4.79 Å². The predicted molar refractivity (Wildman–Crippen MR) is 124 cm³/mol. The zero-order chi connectivity index (χ0) is 21.6. The highest BCUT2D eigenvalue weighted by molar-refractivity contribution is 7.96. The first kappa shape index (κ1) is 21.6. The predicted octanol–water partition coefficient (Wildman–Crippen LogP) is 3.44. The number of carboxylic acid groups (broad SMARTS) is 1. The fraction of sp³-hybridized carbons (Fsp3) is 0.160. The number of benzene rings is 3. The lowest BCUT2D eigenvalue weighted by atomic mass is 10.1. The second-order valence-corrected chi connectivity index (χ2v) is 10.2. The second kappa shape index (κ2) is 9.60. The summed E-state index contributed by atoms with van der Waals surface area (Å²) in [6.07, 6.45) is 0. The van der Waals surface area contributed by atoms with Crippen LogP contribution in [0.25, 0.3) is 0 Å². The molecule has 0 heterocycles. The first-order chi connectivity index (χ1) is 14.5. The Morgan fingerprint density at radius 2 is 1.17 bits per heavy atom. The maximum absolute atomic E-state index is 12.8. The molecule has 1 unspecified atom stereocenters. The number of ether oxygens (including phenoxy) is 1. The average molecular weight is 420 g/mol. The third-order valence-corrected chi connectivity index (χ3v) is 9.58. The zero-order valence-electron chi connectivity index (χ0n) is 17.1. The summed E-state index contributed by atoms with van der Waals surface area (Å²) in [5.74, 6) is -2.51. The first-order valence-corrected chi connectivity index (χ1v) is 11.7. The number of hydrogen-bond acceptors (Lipinski definition) is 3. The normalized spacial score (nSPS) is 12.1. The van der Waals surface area contributed by atoms with Crippen LogP contribution >= 0.6 is 6.89 Å². The Balaban J connectivity index is 2.57. The van der Waals surface area contributed by atoms with Crippen molar-refractivity contribution in [3.05, 3.63) is 91.0 Å². The molecule has 3 aromatic rings. The molecule has 0 aromatic heterocycles. The number of carbonyl (C=O) groups excluding carboxylic acids is 1. The van der Waals surface area contributed by atoms with Crippen molar-refractivity contribution in [2.45, 2.75) is 13.8 Å². The molecular formula is C25H25O4P. The Morgan fingerprint density at radius 3 is 1.47 bits per heavy atom. The van der Waals surface area contributed by atoms with Gasteiger partial charge in [0, 0.05) is 0 Å². The molecule has 0 radical (unpaired) electrons. The van der Waals surface area contributed by atoms with Crippen LogP contribution in [0.1, 0.15) is 13.8 Å². The molecule has 0 amide bonds. The summed E-state index contributed by atoms with van der Waals surface area (Å²) >= 11 is 0. The molecule has 0 spiro atoms.